The van der Waals surface area contributed by atoms with Crippen LogP contribution in [0.1, 0.15) is 28.8 Å². The van der Waals surface area contributed by atoms with E-state index in [1.54, 1.807) is 48.5 Å². The first kappa shape index (κ1) is 22.6. The van der Waals surface area contributed by atoms with Crippen LogP contribution in [-0.4, -0.2) is 42.6 Å². The normalized spacial score (nSPS) is 13.6. The molecule has 168 valence electrons. The molecule has 10 heteroatoms. The Bertz CT molecular complexity index is 1010. The summed E-state index contributed by atoms with van der Waals surface area (Å²) in [6.45, 7) is 0.0686. The van der Waals surface area contributed by atoms with Crippen LogP contribution in [-0.2, 0) is 20.8 Å². The number of hydrogen-bond acceptors (Lipinski definition) is 8. The second kappa shape index (κ2) is 10.3. The van der Waals surface area contributed by atoms with Crippen molar-refractivity contribution in [1.29, 1.82) is 0 Å². The van der Waals surface area contributed by atoms with Crippen LogP contribution >= 0.6 is 0 Å². The predicted molar refractivity (Wildman–Crippen MR) is 105 cm³/mol. The second-order valence-electron chi connectivity index (χ2n) is 7.07. The van der Waals surface area contributed by atoms with E-state index in [1.807, 2.05) is 0 Å². The van der Waals surface area contributed by atoms with Crippen molar-refractivity contribution >= 4 is 23.8 Å². The zero-order valence-corrected chi connectivity index (χ0v) is 16.9. The van der Waals surface area contributed by atoms with Gasteiger partial charge in [-0.3, -0.25) is 9.59 Å². The van der Waals surface area contributed by atoms with Gasteiger partial charge < -0.3 is 39.9 Å². The van der Waals surface area contributed by atoms with Gasteiger partial charge in [0, 0.05) is 18.0 Å². The van der Waals surface area contributed by atoms with Crippen LogP contribution < -0.4 is 30.3 Å². The Kier molecular flexibility index (Phi) is 7.27. The molecular formula is C22H20N2O8-2. The van der Waals surface area contributed by atoms with Crippen molar-refractivity contribution in [3.63, 3.8) is 0 Å². The van der Waals surface area contributed by atoms with Gasteiger partial charge in [0.1, 0.15) is 6.04 Å². The van der Waals surface area contributed by atoms with Gasteiger partial charge in [0.2, 0.25) is 12.7 Å². The molecule has 0 aliphatic carbocycles. The Morgan fingerprint density at radius 1 is 0.906 bits per heavy atom. The van der Waals surface area contributed by atoms with E-state index in [0.29, 0.717) is 22.6 Å². The maximum atomic E-state index is 12.9. The van der Waals surface area contributed by atoms with E-state index < -0.39 is 48.7 Å². The van der Waals surface area contributed by atoms with E-state index in [1.165, 1.54) is 0 Å². The van der Waals surface area contributed by atoms with Crippen LogP contribution in [0.15, 0.2) is 48.5 Å². The summed E-state index contributed by atoms with van der Waals surface area (Å²) in [6.07, 6.45) is -0.983. The standard InChI is InChI=1S/C22H22N2O8/c25-19(26)9-7-15(22(29)30)23-21(28)16(24-20(27)14-4-2-1-3-5-14)10-13-6-8-17-18(11-13)32-12-31-17/h1-6,8,11,15-16H,7,9-10,12H2,(H,23,28)(H,24,27)(H,25,26)(H,29,30)/p-2/t15-,16+/m0/s1. The Morgan fingerprint density at radius 2 is 1.62 bits per heavy atom. The molecule has 0 unspecified atom stereocenters. The number of aliphatic carboxylic acids is 2. The van der Waals surface area contributed by atoms with E-state index in [9.17, 15) is 29.4 Å². The number of amides is 2. The van der Waals surface area contributed by atoms with E-state index >= 15 is 0 Å². The number of rotatable bonds is 10. The number of benzene rings is 2. The molecule has 3 rings (SSSR count). The molecule has 0 bridgehead atoms. The first-order valence-electron chi connectivity index (χ1n) is 9.79. The molecule has 2 aromatic rings. The van der Waals surface area contributed by atoms with Gasteiger partial charge in [0.25, 0.3) is 5.91 Å². The number of carboxylic acid groups (broad SMARTS) is 2. The summed E-state index contributed by atoms with van der Waals surface area (Å²) in [6, 6.07) is 10.5. The van der Waals surface area contributed by atoms with Crippen LogP contribution in [0.4, 0.5) is 0 Å². The first-order chi connectivity index (χ1) is 15.3. The van der Waals surface area contributed by atoms with Crippen molar-refractivity contribution in [1.82, 2.24) is 10.6 Å². The Labute approximate surface area is 183 Å². The molecule has 2 N–H and O–H groups in total. The fourth-order valence-corrected chi connectivity index (χ4v) is 3.13. The highest BCUT2D eigenvalue weighted by Gasteiger charge is 2.25. The van der Waals surface area contributed by atoms with Gasteiger partial charge >= 0.3 is 0 Å². The highest BCUT2D eigenvalue weighted by Crippen LogP contribution is 2.32. The third-order valence-electron chi connectivity index (χ3n) is 4.77. The fraction of sp³-hybridized carbons (Fsp3) is 0.273. The van der Waals surface area contributed by atoms with Gasteiger partial charge in [-0.05, 0) is 42.7 Å². The van der Waals surface area contributed by atoms with Crippen molar-refractivity contribution < 1.29 is 38.9 Å². The highest BCUT2D eigenvalue weighted by molar-refractivity contribution is 5.98. The maximum Gasteiger partial charge on any atom is 0.251 e. The lowest BCUT2D eigenvalue weighted by atomic mass is 10.0. The fourth-order valence-electron chi connectivity index (χ4n) is 3.13. The number of ether oxygens (including phenoxy) is 2. The topological polar surface area (TPSA) is 157 Å². The third-order valence-corrected chi connectivity index (χ3v) is 4.77. The molecular weight excluding hydrogens is 420 g/mol. The lowest BCUT2D eigenvalue weighted by molar-refractivity contribution is -0.310. The number of nitrogens with one attached hydrogen (secondary N) is 2. The molecule has 0 saturated heterocycles. The maximum absolute atomic E-state index is 12.9. The van der Waals surface area contributed by atoms with Crippen LogP contribution in [0, 0.1) is 0 Å². The smallest absolute Gasteiger partial charge is 0.251 e. The first-order valence-corrected chi connectivity index (χ1v) is 9.79. The van der Waals surface area contributed by atoms with Gasteiger partial charge in [0.05, 0.1) is 12.0 Å². The molecule has 1 heterocycles. The van der Waals surface area contributed by atoms with E-state index in [-0.39, 0.29) is 13.2 Å². The van der Waals surface area contributed by atoms with Crippen molar-refractivity contribution in [2.75, 3.05) is 6.79 Å². The quantitative estimate of drug-likeness (QED) is 0.453. The van der Waals surface area contributed by atoms with Crippen LogP contribution in [0.3, 0.4) is 0 Å². The van der Waals surface area contributed by atoms with Gasteiger partial charge in [-0.25, -0.2) is 0 Å². The Balaban J connectivity index is 1.78. The van der Waals surface area contributed by atoms with E-state index in [4.69, 9.17) is 9.47 Å². The molecule has 2 atom stereocenters. The summed E-state index contributed by atoms with van der Waals surface area (Å²) in [5, 5.41) is 26.8. The minimum absolute atomic E-state index is 0.0152. The van der Waals surface area contributed by atoms with E-state index in [0.717, 1.165) is 0 Å². The third kappa shape index (κ3) is 5.97. The van der Waals surface area contributed by atoms with Crippen LogP contribution in [0.25, 0.3) is 0 Å². The van der Waals surface area contributed by atoms with Crippen molar-refractivity contribution in [2.24, 2.45) is 0 Å². The Hall–Kier alpha value is -4.08. The minimum atomic E-state index is -1.64. The average Bonchev–Trinajstić information content (AvgIpc) is 3.24. The summed E-state index contributed by atoms with van der Waals surface area (Å²) in [4.78, 5) is 47.5. The second-order valence-corrected chi connectivity index (χ2v) is 7.07. The van der Waals surface area contributed by atoms with Crippen molar-refractivity contribution in [2.45, 2.75) is 31.3 Å². The average molecular weight is 440 g/mol. The van der Waals surface area contributed by atoms with Crippen molar-refractivity contribution in [3.05, 3.63) is 59.7 Å². The molecule has 0 saturated carbocycles. The molecule has 10 nitrogen and oxygen atoms in total. The number of carbonyl (C=O) groups excluding carboxylic acids is 4. The predicted octanol–water partition coefficient (Wildman–Crippen LogP) is -1.48. The zero-order chi connectivity index (χ0) is 23.1. The summed E-state index contributed by atoms with van der Waals surface area (Å²) in [7, 11) is 0. The molecule has 32 heavy (non-hydrogen) atoms. The highest BCUT2D eigenvalue weighted by atomic mass is 16.7. The van der Waals surface area contributed by atoms with Gasteiger partial charge in [-0.1, -0.05) is 24.3 Å². The molecule has 0 spiro atoms. The molecule has 1 aliphatic heterocycles. The summed E-state index contributed by atoms with van der Waals surface area (Å²) in [5.41, 5.74) is 0.937. The summed E-state index contributed by atoms with van der Waals surface area (Å²) >= 11 is 0. The molecule has 2 aromatic carbocycles. The number of carbonyl (C=O) groups is 4. The van der Waals surface area contributed by atoms with Crippen molar-refractivity contribution in [3.8, 4) is 11.5 Å². The van der Waals surface area contributed by atoms with Gasteiger partial charge in [-0.2, -0.15) is 0 Å². The number of hydrogen-bond donors (Lipinski definition) is 2. The van der Waals surface area contributed by atoms with Crippen LogP contribution in [0.2, 0.25) is 0 Å². The number of carboxylic acids is 2. The largest absolute Gasteiger partial charge is 0.550 e. The molecule has 2 amide bonds. The zero-order valence-electron chi connectivity index (χ0n) is 16.9. The molecule has 1 aliphatic rings. The van der Waals surface area contributed by atoms with Gasteiger partial charge in [0.15, 0.2) is 11.5 Å². The lowest BCUT2D eigenvalue weighted by Crippen LogP contribution is -2.55. The van der Waals surface area contributed by atoms with Crippen LogP contribution in [0.5, 0.6) is 11.5 Å². The molecule has 0 fully saturated rings. The van der Waals surface area contributed by atoms with Gasteiger partial charge in [-0.15, -0.1) is 0 Å². The molecule has 0 aromatic heterocycles. The minimum Gasteiger partial charge on any atom is -0.550 e. The number of fused-ring (bicyclic) bond motifs is 1. The Morgan fingerprint density at radius 3 is 2.31 bits per heavy atom. The SMILES string of the molecule is O=C([O-])CC[C@H](NC(=O)[C@@H](Cc1ccc2c(c1)OCO2)NC(=O)c1ccccc1)C(=O)[O-]. The molecule has 0 radical (unpaired) electrons. The summed E-state index contributed by atoms with van der Waals surface area (Å²) < 4.78 is 10.6. The summed E-state index contributed by atoms with van der Waals surface area (Å²) in [5.74, 6) is -3.42. The lowest BCUT2D eigenvalue weighted by Gasteiger charge is -2.24. The van der Waals surface area contributed by atoms with E-state index in [2.05, 4.69) is 10.6 Å². The monoisotopic (exact) mass is 440 g/mol.